The number of amides is 1. The summed E-state index contributed by atoms with van der Waals surface area (Å²) in [6.45, 7) is 5.15. The number of benzene rings is 1. The van der Waals surface area contributed by atoms with Crippen LogP contribution in [0.25, 0.3) is 6.08 Å². The summed E-state index contributed by atoms with van der Waals surface area (Å²) in [5.74, 6) is -0.178. The molecule has 0 radical (unpaired) electrons. The first-order valence-corrected chi connectivity index (χ1v) is 11.8. The van der Waals surface area contributed by atoms with Crippen molar-refractivity contribution in [3.63, 3.8) is 0 Å². The van der Waals surface area contributed by atoms with E-state index in [0.29, 0.717) is 45.0 Å². The Morgan fingerprint density at radius 1 is 1.15 bits per heavy atom. The molecule has 1 N–H and O–H groups in total. The van der Waals surface area contributed by atoms with Gasteiger partial charge in [0.05, 0.1) is 25.3 Å². The molecular weight excluding hydrogens is 418 g/mol. The van der Waals surface area contributed by atoms with Crippen molar-refractivity contribution in [3.8, 4) is 0 Å². The Morgan fingerprint density at radius 2 is 1.91 bits per heavy atom. The van der Waals surface area contributed by atoms with Crippen LogP contribution < -0.4 is 5.56 Å². The number of pyridine rings is 1. The summed E-state index contributed by atoms with van der Waals surface area (Å²) in [6, 6.07) is 13.5. The highest BCUT2D eigenvalue weighted by atomic mass is 16.5. The normalized spacial score (nSPS) is 27.2. The Balaban J connectivity index is 1.57. The molecule has 0 saturated carbocycles. The predicted octanol–water partition coefficient (Wildman–Crippen LogP) is 1.90. The highest BCUT2D eigenvalue weighted by Crippen LogP contribution is 2.50. The highest BCUT2D eigenvalue weighted by Gasteiger charge is 2.56. The highest BCUT2D eigenvalue weighted by molar-refractivity contribution is 5.83. The van der Waals surface area contributed by atoms with Crippen LogP contribution in [0.3, 0.4) is 0 Å². The third kappa shape index (κ3) is 3.84. The monoisotopic (exact) mass is 449 g/mol. The Kier molecular flexibility index (Phi) is 6.19. The van der Waals surface area contributed by atoms with Crippen LogP contribution in [-0.2, 0) is 22.6 Å². The second-order valence-corrected chi connectivity index (χ2v) is 9.12. The first-order chi connectivity index (χ1) is 16.1. The van der Waals surface area contributed by atoms with Gasteiger partial charge in [0.15, 0.2) is 0 Å². The molecule has 7 nitrogen and oxygen atoms in total. The zero-order valence-corrected chi connectivity index (χ0v) is 19.0. The number of carbonyl (C=O) groups is 1. The third-order valence-electron chi connectivity index (χ3n) is 7.35. The van der Waals surface area contributed by atoms with Gasteiger partial charge in [0.25, 0.3) is 5.56 Å². The van der Waals surface area contributed by atoms with E-state index in [2.05, 4.69) is 17.0 Å². The number of hydrogen-bond donors (Lipinski definition) is 1. The molecule has 1 aromatic heterocycles. The van der Waals surface area contributed by atoms with Gasteiger partial charge in [0, 0.05) is 55.9 Å². The first-order valence-electron chi connectivity index (χ1n) is 11.8. The minimum atomic E-state index is -0.428. The molecule has 5 rings (SSSR count). The van der Waals surface area contributed by atoms with E-state index in [1.807, 2.05) is 58.9 Å². The molecule has 2 saturated heterocycles. The minimum Gasteiger partial charge on any atom is -0.396 e. The molecular formula is C26H31N3O4. The number of aromatic nitrogens is 1. The molecule has 0 aliphatic carbocycles. The van der Waals surface area contributed by atoms with Crippen LogP contribution in [-0.4, -0.2) is 64.3 Å². The molecule has 7 heteroatoms. The van der Waals surface area contributed by atoms with Gasteiger partial charge in [-0.25, -0.2) is 0 Å². The van der Waals surface area contributed by atoms with Crippen LogP contribution in [0.15, 0.2) is 53.3 Å². The number of fused-ring (bicyclic) bond motifs is 3. The van der Waals surface area contributed by atoms with Crippen LogP contribution in [0, 0.1) is 11.8 Å². The summed E-state index contributed by atoms with van der Waals surface area (Å²) < 4.78 is 7.30. The Hall–Kier alpha value is -2.74. The lowest BCUT2D eigenvalue weighted by Crippen LogP contribution is -2.52. The second kappa shape index (κ2) is 9.25. The molecule has 1 aromatic carbocycles. The van der Waals surface area contributed by atoms with Gasteiger partial charge in [-0.3, -0.25) is 14.5 Å². The van der Waals surface area contributed by atoms with Gasteiger partial charge in [-0.15, -0.1) is 0 Å². The molecule has 0 bridgehead atoms. The van der Waals surface area contributed by atoms with E-state index in [0.717, 1.165) is 11.3 Å². The van der Waals surface area contributed by atoms with Crippen molar-refractivity contribution >= 4 is 12.0 Å². The lowest BCUT2D eigenvalue weighted by Gasteiger charge is -2.36. The Labute approximate surface area is 193 Å². The lowest BCUT2D eigenvalue weighted by molar-refractivity contribution is -0.142. The number of allylic oxidation sites excluding steroid dienone is 1. The van der Waals surface area contributed by atoms with Crippen LogP contribution >= 0.6 is 0 Å². The van der Waals surface area contributed by atoms with Crippen LogP contribution in [0.1, 0.15) is 29.8 Å². The molecule has 174 valence electrons. The summed E-state index contributed by atoms with van der Waals surface area (Å²) in [5, 5.41) is 10.5. The van der Waals surface area contributed by atoms with E-state index >= 15 is 0 Å². The SMILES string of the molecule is C/C=C\c1ccc2n(c1=O)C[C@H]1[C@H](CO)[C@@H](C(=O)N3CCOCC3)N(Cc3ccccc3)[C@@H]21. The average molecular weight is 450 g/mol. The van der Waals surface area contributed by atoms with Crippen molar-refractivity contribution in [2.75, 3.05) is 32.9 Å². The first kappa shape index (κ1) is 22.1. The van der Waals surface area contributed by atoms with Crippen LogP contribution in [0.5, 0.6) is 0 Å². The minimum absolute atomic E-state index is 0.00209. The molecule has 3 aliphatic heterocycles. The number of ether oxygens (including phenoxy) is 1. The molecule has 3 aliphatic rings. The van der Waals surface area contributed by atoms with Crippen molar-refractivity contribution < 1.29 is 14.6 Å². The summed E-state index contributed by atoms with van der Waals surface area (Å²) in [6.07, 6.45) is 3.70. The average Bonchev–Trinajstić information content (AvgIpc) is 3.37. The zero-order valence-electron chi connectivity index (χ0n) is 19.0. The van der Waals surface area contributed by atoms with Crippen LogP contribution in [0.4, 0.5) is 0 Å². The van der Waals surface area contributed by atoms with Crippen molar-refractivity contribution in [3.05, 3.63) is 75.7 Å². The van der Waals surface area contributed by atoms with E-state index in [4.69, 9.17) is 4.74 Å². The third-order valence-corrected chi connectivity index (χ3v) is 7.35. The number of nitrogens with zero attached hydrogens (tertiary/aromatic N) is 3. The van der Waals surface area contributed by atoms with Crippen molar-refractivity contribution in [2.45, 2.75) is 32.1 Å². The molecule has 2 fully saturated rings. The smallest absolute Gasteiger partial charge is 0.258 e. The molecule has 4 atom stereocenters. The van der Waals surface area contributed by atoms with Gasteiger partial charge in [0.2, 0.25) is 5.91 Å². The molecule has 1 amide bonds. The Morgan fingerprint density at radius 3 is 2.61 bits per heavy atom. The number of aliphatic hydroxyl groups is 1. The fourth-order valence-corrected chi connectivity index (χ4v) is 5.85. The van der Waals surface area contributed by atoms with Gasteiger partial charge < -0.3 is 19.3 Å². The van der Waals surface area contributed by atoms with Crippen molar-refractivity contribution in [2.24, 2.45) is 11.8 Å². The quantitative estimate of drug-likeness (QED) is 0.755. The van der Waals surface area contributed by atoms with E-state index < -0.39 is 6.04 Å². The fourth-order valence-electron chi connectivity index (χ4n) is 5.85. The van der Waals surface area contributed by atoms with Crippen LogP contribution in [0.2, 0.25) is 0 Å². The van der Waals surface area contributed by atoms with E-state index in [1.54, 1.807) is 0 Å². The van der Waals surface area contributed by atoms with Gasteiger partial charge in [-0.2, -0.15) is 0 Å². The number of rotatable bonds is 5. The summed E-state index contributed by atoms with van der Waals surface area (Å²) >= 11 is 0. The second-order valence-electron chi connectivity index (χ2n) is 9.12. The topological polar surface area (TPSA) is 75.0 Å². The molecule has 0 unspecified atom stereocenters. The molecule has 0 spiro atoms. The van der Waals surface area contributed by atoms with Crippen molar-refractivity contribution in [1.82, 2.24) is 14.4 Å². The van der Waals surface area contributed by atoms with E-state index in [-0.39, 0.29) is 36.0 Å². The summed E-state index contributed by atoms with van der Waals surface area (Å²) in [4.78, 5) is 31.0. The predicted molar refractivity (Wildman–Crippen MR) is 125 cm³/mol. The van der Waals surface area contributed by atoms with Gasteiger partial charge >= 0.3 is 0 Å². The van der Waals surface area contributed by atoms with Gasteiger partial charge in [-0.05, 0) is 24.6 Å². The van der Waals surface area contributed by atoms with Gasteiger partial charge in [-0.1, -0.05) is 42.5 Å². The Bertz CT molecular complexity index is 1090. The zero-order chi connectivity index (χ0) is 22.9. The number of morpholine rings is 1. The number of likely N-dealkylation sites (tertiary alicyclic amines) is 1. The number of carbonyl (C=O) groups excluding carboxylic acids is 1. The largest absolute Gasteiger partial charge is 0.396 e. The van der Waals surface area contributed by atoms with Gasteiger partial charge in [0.1, 0.15) is 0 Å². The maximum Gasteiger partial charge on any atom is 0.258 e. The lowest BCUT2D eigenvalue weighted by atomic mass is 9.88. The summed E-state index contributed by atoms with van der Waals surface area (Å²) in [7, 11) is 0. The molecule has 4 heterocycles. The maximum absolute atomic E-state index is 13.8. The summed E-state index contributed by atoms with van der Waals surface area (Å²) in [5.41, 5.74) is 2.70. The van der Waals surface area contributed by atoms with E-state index in [1.165, 1.54) is 0 Å². The number of aliphatic hydroxyl groups excluding tert-OH is 1. The maximum atomic E-state index is 13.8. The number of hydrogen-bond acceptors (Lipinski definition) is 5. The fraction of sp³-hybridized carbons (Fsp3) is 0.462. The van der Waals surface area contributed by atoms with E-state index in [9.17, 15) is 14.7 Å². The van der Waals surface area contributed by atoms with Crippen molar-refractivity contribution in [1.29, 1.82) is 0 Å². The molecule has 2 aromatic rings. The molecule has 33 heavy (non-hydrogen) atoms. The standard InChI is InChI=1S/C26H31N3O4/c1-2-6-19-9-10-22-23-20(16-28(22)25(19)31)21(17-30)24(26(32)27-11-13-33-14-12-27)29(23)15-18-7-4-3-5-8-18/h2-10,20-21,23-24,30H,11-17H2,1H3/b6-2-/t20-,21-,23+,24-/m0/s1.